The number of ether oxygens (including phenoxy) is 4. The smallest absolute Gasteiger partial charge is 0.236 e. The Labute approximate surface area is 357 Å². The minimum Gasteiger partial charge on any atom is -0.493 e. The molecule has 0 radical (unpaired) electrons. The molecule has 0 saturated heterocycles. The quantitative estimate of drug-likeness (QED) is 0.0464. The molecule has 57 heavy (non-hydrogen) atoms. The van der Waals surface area contributed by atoms with Gasteiger partial charge in [0.25, 0.3) is 0 Å². The van der Waals surface area contributed by atoms with Gasteiger partial charge in [0.05, 0.1) is 26.4 Å². The van der Waals surface area contributed by atoms with Crippen LogP contribution >= 0.6 is 31.9 Å². The summed E-state index contributed by atoms with van der Waals surface area (Å²) < 4.78 is 23.9. The summed E-state index contributed by atoms with van der Waals surface area (Å²) in [4.78, 5) is 28.1. The fourth-order valence-corrected chi connectivity index (χ4v) is 6.63. The van der Waals surface area contributed by atoms with Crippen molar-refractivity contribution in [3.8, 4) is 23.0 Å². The first-order valence-electron chi connectivity index (χ1n) is 19.8. The van der Waals surface area contributed by atoms with E-state index in [2.05, 4.69) is 108 Å². The van der Waals surface area contributed by atoms with Crippen LogP contribution < -0.4 is 29.6 Å². The second kappa shape index (κ2) is 22.2. The van der Waals surface area contributed by atoms with E-state index in [1.807, 2.05) is 72.8 Å². The van der Waals surface area contributed by atoms with Gasteiger partial charge in [-0.05, 0) is 94.5 Å². The van der Waals surface area contributed by atoms with Gasteiger partial charge >= 0.3 is 0 Å². The van der Waals surface area contributed by atoms with Crippen molar-refractivity contribution in [2.24, 2.45) is 5.41 Å². The summed E-state index contributed by atoms with van der Waals surface area (Å²) in [6.45, 7) is 16.0. The van der Waals surface area contributed by atoms with Gasteiger partial charge in [0.2, 0.25) is 11.8 Å². The first-order valence-corrected chi connectivity index (χ1v) is 22.1. The third-order valence-corrected chi connectivity index (χ3v) is 10.4. The van der Waals surface area contributed by atoms with Crippen LogP contribution in [0.15, 0.2) is 97.1 Å². The average Bonchev–Trinajstić information content (AvgIpc) is 3.19. The Morgan fingerprint density at radius 3 is 1.02 bits per heavy atom. The highest BCUT2D eigenvalue weighted by atomic mass is 79.9. The number of amides is 2. The van der Waals surface area contributed by atoms with Crippen LogP contribution in [0.5, 0.6) is 23.0 Å². The maximum Gasteiger partial charge on any atom is 0.236 e. The summed E-state index contributed by atoms with van der Waals surface area (Å²) in [6.07, 6.45) is 1.85. The summed E-state index contributed by atoms with van der Waals surface area (Å²) >= 11 is 6.82. The Bertz CT molecular complexity index is 1670. The topological polar surface area (TPSA) is 95.1 Å². The van der Waals surface area contributed by atoms with Crippen molar-refractivity contribution in [3.63, 3.8) is 0 Å². The highest BCUT2D eigenvalue weighted by Crippen LogP contribution is 2.32. The molecule has 0 fully saturated rings. The van der Waals surface area contributed by atoms with Crippen molar-refractivity contribution in [3.05, 3.63) is 119 Å². The van der Waals surface area contributed by atoms with E-state index < -0.39 is 5.41 Å². The standard InChI is InChI=1S/C47H60Br2N2O6/c1-45(2,3)37-13-21-41(22-14-37)56-31-7-29-54-39-17-9-35(10-18-39)33-47(43(52)50-27-25-48,44(53)51-28-26-49)34-36-11-19-40(20-12-36)55-30-8-32-57-42-23-15-38(16-24-42)46(4,5)6/h9-24H,7-8,25-34H2,1-6H3,(H,50,52)(H,51,53). The van der Waals surface area contributed by atoms with E-state index in [0.717, 1.165) is 35.5 Å². The molecular formula is C47H60Br2N2O6. The maximum absolute atomic E-state index is 14.0. The third kappa shape index (κ3) is 14.7. The molecule has 0 heterocycles. The van der Waals surface area contributed by atoms with E-state index in [1.54, 1.807) is 0 Å². The molecule has 0 aliphatic carbocycles. The molecule has 0 unspecified atom stereocenters. The number of rotatable bonds is 22. The van der Waals surface area contributed by atoms with Crippen LogP contribution in [-0.4, -0.2) is 62.0 Å². The SMILES string of the molecule is CC(C)(C)c1ccc(OCCCOc2ccc(CC(Cc3ccc(OCCCOc4ccc(C(C)(C)C)cc4)cc3)(C(=O)NCCBr)C(=O)NCCBr)cc2)cc1. The number of hydrogen-bond donors (Lipinski definition) is 2. The van der Waals surface area contributed by atoms with E-state index in [-0.39, 0.29) is 35.5 Å². The zero-order valence-electron chi connectivity index (χ0n) is 34.4. The van der Waals surface area contributed by atoms with Crippen LogP contribution in [0.3, 0.4) is 0 Å². The molecule has 4 aromatic rings. The predicted molar refractivity (Wildman–Crippen MR) is 238 cm³/mol. The van der Waals surface area contributed by atoms with Crippen molar-refractivity contribution in [2.75, 3.05) is 50.2 Å². The maximum atomic E-state index is 14.0. The molecule has 0 aromatic heterocycles. The number of benzene rings is 4. The second-order valence-electron chi connectivity index (χ2n) is 16.3. The van der Waals surface area contributed by atoms with Crippen LogP contribution in [-0.2, 0) is 33.3 Å². The minimum absolute atomic E-state index is 0.100. The summed E-state index contributed by atoms with van der Waals surface area (Å²) in [5, 5.41) is 7.10. The monoisotopic (exact) mass is 906 g/mol. The summed E-state index contributed by atoms with van der Waals surface area (Å²) in [5.41, 5.74) is 3.03. The first-order chi connectivity index (χ1) is 27.2. The van der Waals surface area contributed by atoms with Gasteiger partial charge in [-0.25, -0.2) is 0 Å². The molecule has 0 saturated carbocycles. The molecule has 0 aliphatic rings. The average molecular weight is 909 g/mol. The van der Waals surface area contributed by atoms with E-state index >= 15 is 0 Å². The molecule has 10 heteroatoms. The molecule has 0 spiro atoms. The molecule has 4 rings (SSSR count). The molecule has 2 amide bonds. The number of alkyl halides is 2. The first kappa shape index (κ1) is 45.7. The largest absolute Gasteiger partial charge is 0.493 e. The van der Waals surface area contributed by atoms with Crippen LogP contribution in [0.4, 0.5) is 0 Å². The Hall–Kier alpha value is -4.02. The predicted octanol–water partition coefficient (Wildman–Crippen LogP) is 9.77. The number of carbonyl (C=O) groups excluding carboxylic acids is 2. The van der Waals surface area contributed by atoms with Crippen molar-refractivity contribution in [1.82, 2.24) is 10.6 Å². The van der Waals surface area contributed by atoms with Crippen LogP contribution in [0.25, 0.3) is 0 Å². The van der Waals surface area contributed by atoms with Gasteiger partial charge < -0.3 is 29.6 Å². The lowest BCUT2D eigenvalue weighted by Crippen LogP contribution is -2.54. The van der Waals surface area contributed by atoms with Gasteiger partial charge in [-0.1, -0.05) is 122 Å². The number of nitrogens with one attached hydrogen (secondary N) is 2. The van der Waals surface area contributed by atoms with Crippen molar-refractivity contribution < 1.29 is 28.5 Å². The molecule has 2 N–H and O–H groups in total. The fraction of sp³-hybridized carbons (Fsp3) is 0.447. The van der Waals surface area contributed by atoms with Gasteiger partial charge in [-0.3, -0.25) is 9.59 Å². The van der Waals surface area contributed by atoms with E-state index in [9.17, 15) is 9.59 Å². The molecule has 4 aromatic carbocycles. The summed E-state index contributed by atoms with van der Waals surface area (Å²) in [7, 11) is 0. The van der Waals surface area contributed by atoms with Crippen LogP contribution in [0.2, 0.25) is 0 Å². The van der Waals surface area contributed by atoms with E-state index in [0.29, 0.717) is 61.7 Å². The molecule has 308 valence electrons. The molecule has 0 bridgehead atoms. The van der Waals surface area contributed by atoms with Crippen molar-refractivity contribution >= 4 is 43.7 Å². The normalized spacial score (nSPS) is 11.8. The van der Waals surface area contributed by atoms with E-state index in [1.165, 1.54) is 11.1 Å². The zero-order valence-corrected chi connectivity index (χ0v) is 37.6. The van der Waals surface area contributed by atoms with Gasteiger partial charge in [-0.2, -0.15) is 0 Å². The lowest BCUT2D eigenvalue weighted by atomic mass is 9.74. The third-order valence-electron chi connectivity index (χ3n) is 9.58. The number of hydrogen-bond acceptors (Lipinski definition) is 6. The van der Waals surface area contributed by atoms with E-state index in [4.69, 9.17) is 18.9 Å². The van der Waals surface area contributed by atoms with Gasteiger partial charge in [-0.15, -0.1) is 0 Å². The zero-order chi connectivity index (χ0) is 41.3. The molecule has 0 atom stereocenters. The summed E-state index contributed by atoms with van der Waals surface area (Å²) in [6, 6.07) is 31.7. The highest BCUT2D eigenvalue weighted by Gasteiger charge is 2.45. The lowest BCUT2D eigenvalue weighted by Gasteiger charge is -2.32. The van der Waals surface area contributed by atoms with Crippen molar-refractivity contribution in [2.45, 2.75) is 78.1 Å². The Morgan fingerprint density at radius 2 is 0.754 bits per heavy atom. The Morgan fingerprint density at radius 1 is 0.474 bits per heavy atom. The van der Waals surface area contributed by atoms with Gasteiger partial charge in [0, 0.05) is 36.6 Å². The molecule has 0 aliphatic heterocycles. The highest BCUT2D eigenvalue weighted by molar-refractivity contribution is 9.09. The number of halogens is 2. The minimum atomic E-state index is -1.40. The molecular weight excluding hydrogens is 848 g/mol. The Balaban J connectivity index is 1.35. The Kier molecular flexibility index (Phi) is 17.8. The molecule has 8 nitrogen and oxygen atoms in total. The number of carbonyl (C=O) groups is 2. The lowest BCUT2D eigenvalue weighted by molar-refractivity contribution is -0.143. The van der Waals surface area contributed by atoms with Gasteiger partial charge in [0.1, 0.15) is 28.4 Å². The van der Waals surface area contributed by atoms with Crippen LogP contribution in [0, 0.1) is 5.41 Å². The summed E-state index contributed by atoms with van der Waals surface area (Å²) in [5.74, 6) is 2.46. The van der Waals surface area contributed by atoms with Crippen LogP contribution in [0.1, 0.15) is 76.6 Å². The van der Waals surface area contributed by atoms with Gasteiger partial charge in [0.15, 0.2) is 0 Å². The second-order valence-corrected chi connectivity index (χ2v) is 17.8. The fourth-order valence-electron chi connectivity index (χ4n) is 6.23. The van der Waals surface area contributed by atoms with Crippen molar-refractivity contribution in [1.29, 1.82) is 0 Å².